The number of piperidine rings is 1. The number of benzene rings is 2. The minimum atomic E-state index is -0.0795. The van der Waals surface area contributed by atoms with Gasteiger partial charge in [0, 0.05) is 24.3 Å². The Morgan fingerprint density at radius 3 is 2.61 bits per heavy atom. The lowest BCUT2D eigenvalue weighted by Crippen LogP contribution is -2.33. The Balaban J connectivity index is 1.57. The van der Waals surface area contributed by atoms with Crippen molar-refractivity contribution in [1.82, 2.24) is 4.90 Å². The number of nitrogens with one attached hydrogen (secondary N) is 1. The highest BCUT2D eigenvalue weighted by molar-refractivity contribution is 5.92. The zero-order valence-corrected chi connectivity index (χ0v) is 17.0. The van der Waals surface area contributed by atoms with Gasteiger partial charge in [0.05, 0.1) is 20.6 Å². The van der Waals surface area contributed by atoms with Gasteiger partial charge in [-0.1, -0.05) is 19.1 Å². The first-order valence-corrected chi connectivity index (χ1v) is 9.89. The molecule has 3 rings (SSSR count). The van der Waals surface area contributed by atoms with Gasteiger partial charge in [-0.15, -0.1) is 0 Å². The molecular weight excluding hydrogens is 352 g/mol. The van der Waals surface area contributed by atoms with Crippen LogP contribution in [0.5, 0.6) is 11.5 Å². The minimum absolute atomic E-state index is 0.0795. The maximum absolute atomic E-state index is 12.5. The summed E-state index contributed by atoms with van der Waals surface area (Å²) in [5.41, 5.74) is 2.89. The van der Waals surface area contributed by atoms with E-state index in [2.05, 4.69) is 29.3 Å². The lowest BCUT2D eigenvalue weighted by molar-refractivity contribution is -0.115. The zero-order valence-electron chi connectivity index (χ0n) is 17.0. The van der Waals surface area contributed by atoms with Crippen molar-refractivity contribution in [3.05, 3.63) is 53.6 Å². The number of likely N-dealkylation sites (tertiary alicyclic amines) is 1. The zero-order chi connectivity index (χ0) is 19.9. The van der Waals surface area contributed by atoms with E-state index in [1.807, 2.05) is 30.3 Å². The van der Waals surface area contributed by atoms with Crippen LogP contribution in [0.4, 0.5) is 5.69 Å². The second-order valence-electron chi connectivity index (χ2n) is 7.58. The van der Waals surface area contributed by atoms with Gasteiger partial charge >= 0.3 is 0 Å². The van der Waals surface area contributed by atoms with E-state index in [1.165, 1.54) is 31.5 Å². The van der Waals surface area contributed by atoms with Crippen LogP contribution in [0.3, 0.4) is 0 Å². The van der Waals surface area contributed by atoms with E-state index in [-0.39, 0.29) is 12.3 Å². The van der Waals surface area contributed by atoms with Crippen LogP contribution in [-0.4, -0.2) is 38.1 Å². The van der Waals surface area contributed by atoms with Gasteiger partial charge in [0.1, 0.15) is 11.5 Å². The van der Waals surface area contributed by atoms with Crippen LogP contribution >= 0.6 is 0 Å². The topological polar surface area (TPSA) is 50.8 Å². The average Bonchev–Trinajstić information content (AvgIpc) is 2.69. The normalized spacial score (nSPS) is 17.2. The summed E-state index contributed by atoms with van der Waals surface area (Å²) in [5, 5.41) is 2.97. The van der Waals surface area contributed by atoms with Crippen LogP contribution in [0.15, 0.2) is 42.5 Å². The second-order valence-corrected chi connectivity index (χ2v) is 7.58. The summed E-state index contributed by atoms with van der Waals surface area (Å²) in [6.07, 6.45) is 2.84. The lowest BCUT2D eigenvalue weighted by atomic mass is 10.00. The van der Waals surface area contributed by atoms with Gasteiger partial charge in [0.15, 0.2) is 0 Å². The third-order valence-corrected chi connectivity index (χ3v) is 5.22. The van der Waals surface area contributed by atoms with E-state index in [1.54, 1.807) is 14.2 Å². The van der Waals surface area contributed by atoms with Crippen molar-refractivity contribution in [2.45, 2.75) is 32.7 Å². The predicted octanol–water partition coefficient (Wildman–Crippen LogP) is 4.12. The molecule has 5 nitrogen and oxygen atoms in total. The molecule has 0 spiro atoms. The molecule has 0 aromatic heterocycles. The maximum Gasteiger partial charge on any atom is 0.228 e. The predicted molar refractivity (Wildman–Crippen MR) is 112 cm³/mol. The number of carbonyl (C=O) groups is 1. The fraction of sp³-hybridized carbons (Fsp3) is 0.435. The van der Waals surface area contributed by atoms with Crippen molar-refractivity contribution in [3.63, 3.8) is 0 Å². The first-order chi connectivity index (χ1) is 13.6. The molecule has 0 radical (unpaired) electrons. The Morgan fingerprint density at radius 1 is 1.14 bits per heavy atom. The molecule has 5 heteroatoms. The number of hydrogen-bond donors (Lipinski definition) is 1. The van der Waals surface area contributed by atoms with Crippen molar-refractivity contribution in [3.8, 4) is 11.5 Å². The van der Waals surface area contributed by atoms with Gasteiger partial charge in [-0.05, 0) is 61.2 Å². The monoisotopic (exact) mass is 382 g/mol. The van der Waals surface area contributed by atoms with Gasteiger partial charge in [-0.25, -0.2) is 0 Å². The molecule has 1 atom stereocenters. The molecule has 0 bridgehead atoms. The van der Waals surface area contributed by atoms with Gasteiger partial charge in [-0.2, -0.15) is 0 Å². The number of carbonyl (C=O) groups excluding carboxylic acids is 1. The highest BCUT2D eigenvalue weighted by Crippen LogP contribution is 2.25. The van der Waals surface area contributed by atoms with Crippen LogP contribution in [0.25, 0.3) is 0 Å². The molecule has 150 valence electrons. The number of amides is 1. The minimum Gasteiger partial charge on any atom is -0.497 e. The summed E-state index contributed by atoms with van der Waals surface area (Å²) < 4.78 is 10.6. The Labute approximate surface area is 167 Å². The summed E-state index contributed by atoms with van der Waals surface area (Å²) in [4.78, 5) is 15.0. The molecule has 2 aromatic carbocycles. The number of hydrogen-bond acceptors (Lipinski definition) is 4. The summed E-state index contributed by atoms with van der Waals surface area (Å²) in [6.45, 7) is 5.63. The van der Waals surface area contributed by atoms with E-state index in [0.29, 0.717) is 11.5 Å². The fourth-order valence-electron chi connectivity index (χ4n) is 3.78. The van der Waals surface area contributed by atoms with Gasteiger partial charge in [0.2, 0.25) is 5.91 Å². The van der Waals surface area contributed by atoms with Crippen LogP contribution in [0, 0.1) is 5.92 Å². The Kier molecular flexibility index (Phi) is 6.93. The number of ether oxygens (including phenoxy) is 2. The maximum atomic E-state index is 12.5. The number of anilines is 1. The molecule has 1 saturated heterocycles. The fourth-order valence-corrected chi connectivity index (χ4v) is 3.78. The molecule has 28 heavy (non-hydrogen) atoms. The molecule has 1 unspecified atom stereocenters. The van der Waals surface area contributed by atoms with E-state index in [9.17, 15) is 4.79 Å². The highest BCUT2D eigenvalue weighted by atomic mass is 16.5. The van der Waals surface area contributed by atoms with Crippen molar-refractivity contribution in [1.29, 1.82) is 0 Å². The molecule has 0 saturated carbocycles. The van der Waals surface area contributed by atoms with E-state index in [0.717, 1.165) is 23.7 Å². The first-order valence-electron chi connectivity index (χ1n) is 9.89. The Bertz CT molecular complexity index is 789. The Hall–Kier alpha value is -2.53. The molecule has 1 N–H and O–H groups in total. The smallest absolute Gasteiger partial charge is 0.228 e. The lowest BCUT2D eigenvalue weighted by Gasteiger charge is -2.30. The quantitative estimate of drug-likeness (QED) is 0.783. The molecular formula is C23H30N2O3. The summed E-state index contributed by atoms with van der Waals surface area (Å²) in [5.74, 6) is 2.09. The molecule has 1 fully saturated rings. The van der Waals surface area contributed by atoms with E-state index < -0.39 is 0 Å². The van der Waals surface area contributed by atoms with Crippen LogP contribution in [0.1, 0.15) is 30.9 Å². The molecule has 1 aliphatic rings. The largest absolute Gasteiger partial charge is 0.497 e. The van der Waals surface area contributed by atoms with Crippen molar-refractivity contribution < 1.29 is 14.3 Å². The SMILES string of the molecule is COc1ccc(OC)c(CC(=O)Nc2ccc(CN3CCCC(C)C3)cc2)c1. The van der Waals surface area contributed by atoms with E-state index >= 15 is 0 Å². The summed E-state index contributed by atoms with van der Waals surface area (Å²) in [6, 6.07) is 13.6. The van der Waals surface area contributed by atoms with Gasteiger partial charge in [0.25, 0.3) is 0 Å². The van der Waals surface area contributed by atoms with Gasteiger partial charge < -0.3 is 14.8 Å². The molecule has 1 aliphatic heterocycles. The third-order valence-electron chi connectivity index (χ3n) is 5.22. The van der Waals surface area contributed by atoms with E-state index in [4.69, 9.17) is 9.47 Å². The van der Waals surface area contributed by atoms with Crippen molar-refractivity contribution >= 4 is 11.6 Å². The van der Waals surface area contributed by atoms with Crippen LogP contribution in [-0.2, 0) is 17.8 Å². The van der Waals surface area contributed by atoms with Crippen molar-refractivity contribution in [2.24, 2.45) is 5.92 Å². The Morgan fingerprint density at radius 2 is 1.93 bits per heavy atom. The molecule has 2 aromatic rings. The van der Waals surface area contributed by atoms with Gasteiger partial charge in [-0.3, -0.25) is 9.69 Å². The number of rotatable bonds is 7. The molecule has 1 amide bonds. The highest BCUT2D eigenvalue weighted by Gasteiger charge is 2.16. The number of methoxy groups -OCH3 is 2. The third kappa shape index (κ3) is 5.49. The summed E-state index contributed by atoms with van der Waals surface area (Å²) >= 11 is 0. The van der Waals surface area contributed by atoms with Crippen LogP contribution < -0.4 is 14.8 Å². The average molecular weight is 383 g/mol. The first kappa shape index (κ1) is 20.2. The number of nitrogens with zero attached hydrogens (tertiary/aromatic N) is 1. The standard InChI is InChI=1S/C23H30N2O3/c1-17-5-4-12-25(15-17)16-18-6-8-20(9-7-18)24-23(26)14-19-13-21(27-2)10-11-22(19)28-3/h6-11,13,17H,4-5,12,14-16H2,1-3H3,(H,24,26). The van der Waals surface area contributed by atoms with Crippen molar-refractivity contribution in [2.75, 3.05) is 32.6 Å². The summed E-state index contributed by atoms with van der Waals surface area (Å²) in [7, 11) is 3.21. The molecule has 1 heterocycles. The molecule has 0 aliphatic carbocycles. The van der Waals surface area contributed by atoms with Crippen LogP contribution in [0.2, 0.25) is 0 Å². The second kappa shape index (κ2) is 9.60.